The summed E-state index contributed by atoms with van der Waals surface area (Å²) in [5.74, 6) is 0.701. The number of methoxy groups -OCH3 is 1. The van der Waals surface area contributed by atoms with Crippen molar-refractivity contribution >= 4 is 5.91 Å². The van der Waals surface area contributed by atoms with Crippen LogP contribution in [0.2, 0.25) is 0 Å². The van der Waals surface area contributed by atoms with Crippen molar-refractivity contribution in [2.45, 2.75) is 56.7 Å². The summed E-state index contributed by atoms with van der Waals surface area (Å²) in [6.45, 7) is 2.00. The number of hydrogen-bond acceptors (Lipinski definition) is 3. The average molecular weight is 252 g/mol. The molecule has 2 atom stereocenters. The van der Waals surface area contributed by atoms with E-state index in [1.807, 2.05) is 0 Å². The monoisotopic (exact) mass is 252 g/mol. The highest BCUT2D eigenvalue weighted by Crippen LogP contribution is 2.38. The second kappa shape index (κ2) is 5.17. The van der Waals surface area contributed by atoms with Crippen molar-refractivity contribution in [3.05, 3.63) is 0 Å². The number of fused-ring (bicyclic) bond motifs is 2. The van der Waals surface area contributed by atoms with E-state index in [-0.39, 0.29) is 5.92 Å². The summed E-state index contributed by atoms with van der Waals surface area (Å²) >= 11 is 0. The highest BCUT2D eigenvalue weighted by atomic mass is 16.5. The van der Waals surface area contributed by atoms with Crippen LogP contribution in [0, 0.1) is 5.92 Å². The second-order valence-corrected chi connectivity index (χ2v) is 5.98. The van der Waals surface area contributed by atoms with Crippen LogP contribution in [-0.2, 0) is 9.53 Å². The van der Waals surface area contributed by atoms with Crippen LogP contribution in [0.3, 0.4) is 0 Å². The summed E-state index contributed by atoms with van der Waals surface area (Å²) < 4.78 is 5.50. The minimum absolute atomic E-state index is 0.272. The van der Waals surface area contributed by atoms with Gasteiger partial charge in [0.05, 0.1) is 6.10 Å². The van der Waals surface area contributed by atoms with Gasteiger partial charge < -0.3 is 15.0 Å². The van der Waals surface area contributed by atoms with Gasteiger partial charge in [-0.05, 0) is 51.6 Å². The Morgan fingerprint density at radius 2 is 1.72 bits per heavy atom. The number of carbonyl (C=O) groups is 1. The average Bonchev–Trinajstić information content (AvgIpc) is 2.69. The molecule has 3 heterocycles. The summed E-state index contributed by atoms with van der Waals surface area (Å²) in [4.78, 5) is 14.9. The fourth-order valence-corrected chi connectivity index (χ4v) is 3.96. The number of ether oxygens (including phenoxy) is 1. The van der Waals surface area contributed by atoms with Crippen molar-refractivity contribution in [1.29, 1.82) is 0 Å². The van der Waals surface area contributed by atoms with E-state index < -0.39 is 0 Å². The summed E-state index contributed by atoms with van der Waals surface area (Å²) in [5, 5.41) is 3.34. The molecule has 3 rings (SSSR count). The quantitative estimate of drug-likeness (QED) is 0.801. The smallest absolute Gasteiger partial charge is 0.226 e. The van der Waals surface area contributed by atoms with Crippen molar-refractivity contribution in [3.8, 4) is 0 Å². The van der Waals surface area contributed by atoms with Crippen LogP contribution in [0.5, 0.6) is 0 Å². The van der Waals surface area contributed by atoms with Gasteiger partial charge in [-0.1, -0.05) is 0 Å². The third-order valence-corrected chi connectivity index (χ3v) is 4.97. The number of nitrogens with zero attached hydrogens (tertiary/aromatic N) is 1. The molecule has 2 bridgehead atoms. The molecule has 1 N–H and O–H groups in total. The molecular formula is C14H24N2O2. The Morgan fingerprint density at radius 3 is 2.28 bits per heavy atom. The van der Waals surface area contributed by atoms with Crippen LogP contribution in [0.15, 0.2) is 0 Å². The van der Waals surface area contributed by atoms with Gasteiger partial charge in [-0.2, -0.15) is 0 Å². The first-order valence-corrected chi connectivity index (χ1v) is 7.35. The molecular weight excluding hydrogens is 228 g/mol. The highest BCUT2D eigenvalue weighted by Gasteiger charge is 2.44. The molecule has 3 aliphatic rings. The van der Waals surface area contributed by atoms with Crippen molar-refractivity contribution in [2.75, 3.05) is 20.2 Å². The summed E-state index contributed by atoms with van der Waals surface area (Å²) in [5.41, 5.74) is 0. The van der Waals surface area contributed by atoms with Crippen LogP contribution in [0.25, 0.3) is 0 Å². The van der Waals surface area contributed by atoms with Crippen molar-refractivity contribution in [1.82, 2.24) is 10.2 Å². The van der Waals surface area contributed by atoms with E-state index in [0.717, 1.165) is 38.8 Å². The number of hydrogen-bond donors (Lipinski definition) is 1. The van der Waals surface area contributed by atoms with Gasteiger partial charge in [0.15, 0.2) is 0 Å². The lowest BCUT2D eigenvalue weighted by Crippen LogP contribution is -2.51. The fraction of sp³-hybridized carbons (Fsp3) is 0.929. The van der Waals surface area contributed by atoms with E-state index in [2.05, 4.69) is 10.2 Å². The molecule has 18 heavy (non-hydrogen) atoms. The Bertz CT molecular complexity index is 301. The van der Waals surface area contributed by atoms with Crippen LogP contribution in [0.1, 0.15) is 38.5 Å². The highest BCUT2D eigenvalue weighted by molar-refractivity contribution is 5.80. The van der Waals surface area contributed by atoms with E-state index in [4.69, 9.17) is 4.74 Å². The maximum absolute atomic E-state index is 12.7. The first-order valence-electron chi connectivity index (χ1n) is 7.35. The minimum Gasteiger partial charge on any atom is -0.381 e. The van der Waals surface area contributed by atoms with Gasteiger partial charge in [0.1, 0.15) is 0 Å². The molecule has 1 amide bonds. The summed E-state index contributed by atoms with van der Waals surface area (Å²) in [6.07, 6.45) is 6.86. The van der Waals surface area contributed by atoms with E-state index in [0.29, 0.717) is 24.1 Å². The fourth-order valence-electron chi connectivity index (χ4n) is 3.96. The van der Waals surface area contributed by atoms with Crippen LogP contribution in [-0.4, -0.2) is 49.2 Å². The Balaban J connectivity index is 1.67. The van der Waals surface area contributed by atoms with Gasteiger partial charge in [0.25, 0.3) is 0 Å². The lowest BCUT2D eigenvalue weighted by atomic mass is 9.92. The lowest BCUT2D eigenvalue weighted by Gasteiger charge is -2.40. The van der Waals surface area contributed by atoms with Gasteiger partial charge in [-0.15, -0.1) is 0 Å². The summed E-state index contributed by atoms with van der Waals surface area (Å²) in [6, 6.07) is 0.909. The zero-order chi connectivity index (χ0) is 12.5. The standard InChI is InChI=1S/C14H24N2O2/c1-18-13-8-11-2-3-12(9-13)16(11)14(17)10-4-6-15-7-5-10/h10-13,15H,2-9H2,1H3. The molecule has 4 nitrogen and oxygen atoms in total. The number of nitrogens with one attached hydrogen (secondary N) is 1. The van der Waals surface area contributed by atoms with Gasteiger partial charge in [0.2, 0.25) is 5.91 Å². The predicted molar refractivity (Wildman–Crippen MR) is 69.3 cm³/mol. The maximum Gasteiger partial charge on any atom is 0.226 e. The number of carbonyl (C=O) groups excluding carboxylic acids is 1. The number of amides is 1. The van der Waals surface area contributed by atoms with Crippen molar-refractivity contribution in [3.63, 3.8) is 0 Å². The lowest BCUT2D eigenvalue weighted by molar-refractivity contribution is -0.143. The number of piperidine rings is 2. The normalized spacial score (nSPS) is 36.9. The molecule has 3 aliphatic heterocycles. The Labute approximate surface area is 109 Å². The molecule has 0 aromatic heterocycles. The first-order chi connectivity index (χ1) is 8.79. The molecule has 0 spiro atoms. The van der Waals surface area contributed by atoms with Gasteiger partial charge in [-0.25, -0.2) is 0 Å². The zero-order valence-corrected chi connectivity index (χ0v) is 11.2. The van der Waals surface area contributed by atoms with Crippen LogP contribution in [0.4, 0.5) is 0 Å². The van der Waals surface area contributed by atoms with E-state index in [1.54, 1.807) is 7.11 Å². The van der Waals surface area contributed by atoms with E-state index in [1.165, 1.54) is 12.8 Å². The Kier molecular flexibility index (Phi) is 3.57. The maximum atomic E-state index is 12.7. The third kappa shape index (κ3) is 2.16. The molecule has 3 fully saturated rings. The second-order valence-electron chi connectivity index (χ2n) is 5.98. The molecule has 0 aliphatic carbocycles. The largest absolute Gasteiger partial charge is 0.381 e. The molecule has 3 saturated heterocycles. The molecule has 0 aromatic carbocycles. The molecule has 2 unspecified atom stereocenters. The topological polar surface area (TPSA) is 41.6 Å². The van der Waals surface area contributed by atoms with Crippen molar-refractivity contribution in [2.24, 2.45) is 5.92 Å². The van der Waals surface area contributed by atoms with Crippen molar-refractivity contribution < 1.29 is 9.53 Å². The minimum atomic E-state index is 0.272. The first kappa shape index (κ1) is 12.4. The molecule has 102 valence electrons. The number of rotatable bonds is 2. The van der Waals surface area contributed by atoms with Gasteiger partial charge >= 0.3 is 0 Å². The molecule has 4 heteroatoms. The van der Waals surface area contributed by atoms with Gasteiger partial charge in [-0.3, -0.25) is 4.79 Å². The summed E-state index contributed by atoms with van der Waals surface area (Å²) in [7, 11) is 1.80. The molecule has 0 saturated carbocycles. The van der Waals surface area contributed by atoms with E-state index >= 15 is 0 Å². The molecule has 0 radical (unpaired) electrons. The zero-order valence-electron chi connectivity index (χ0n) is 11.2. The molecule has 0 aromatic rings. The Morgan fingerprint density at radius 1 is 1.11 bits per heavy atom. The van der Waals surface area contributed by atoms with Crippen LogP contribution < -0.4 is 5.32 Å². The van der Waals surface area contributed by atoms with E-state index in [9.17, 15) is 4.79 Å². The Hall–Kier alpha value is -0.610. The SMILES string of the molecule is COC1CC2CCC(C1)N2C(=O)C1CCNCC1. The third-order valence-electron chi connectivity index (χ3n) is 4.97. The predicted octanol–water partition coefficient (Wildman–Crippen LogP) is 1.15. The van der Waals surface area contributed by atoms with Crippen LogP contribution >= 0.6 is 0 Å². The van der Waals surface area contributed by atoms with Gasteiger partial charge in [0, 0.05) is 25.1 Å².